The highest BCUT2D eigenvalue weighted by molar-refractivity contribution is 5.97. The Kier molecular flexibility index (Phi) is 6.29. The number of carbonyl (C=O) groups excluding carboxylic acids is 1. The van der Waals surface area contributed by atoms with Crippen molar-refractivity contribution in [3.63, 3.8) is 0 Å². The number of rotatable bonds is 5. The highest BCUT2D eigenvalue weighted by Gasteiger charge is 2.28. The van der Waals surface area contributed by atoms with Crippen molar-refractivity contribution in [3.05, 3.63) is 42.0 Å². The average Bonchev–Trinajstić information content (AvgIpc) is 2.81. The molecule has 0 aliphatic rings. The molecule has 3 N–H and O–H groups in total. The topological polar surface area (TPSA) is 72.9 Å². The number of nitrogens with zero attached hydrogens (tertiary/aromatic N) is 2. The number of carbonyl (C=O) groups is 1. The predicted molar refractivity (Wildman–Crippen MR) is 91.6 cm³/mol. The highest BCUT2D eigenvalue weighted by Crippen LogP contribution is 2.21. The van der Waals surface area contributed by atoms with Crippen LogP contribution in [0.1, 0.15) is 32.4 Å². The van der Waals surface area contributed by atoms with Gasteiger partial charge in [-0.05, 0) is 32.4 Å². The lowest BCUT2D eigenvalue weighted by Crippen LogP contribution is -2.48. The van der Waals surface area contributed by atoms with Crippen LogP contribution in [0, 0.1) is 12.7 Å². The van der Waals surface area contributed by atoms with Gasteiger partial charge in [0.15, 0.2) is 0 Å². The number of nitrogens with one attached hydrogen (secondary N) is 1. The summed E-state index contributed by atoms with van der Waals surface area (Å²) < 4.78 is 15.3. The Morgan fingerprint density at radius 1 is 1.43 bits per heavy atom. The largest absolute Gasteiger partial charge is 0.322 e. The van der Waals surface area contributed by atoms with E-state index in [9.17, 15) is 9.18 Å². The summed E-state index contributed by atoms with van der Waals surface area (Å²) in [5.41, 5.74) is 6.58. The summed E-state index contributed by atoms with van der Waals surface area (Å²) in [7, 11) is 0. The van der Waals surface area contributed by atoms with Crippen LogP contribution in [0.15, 0.2) is 30.5 Å². The van der Waals surface area contributed by atoms with E-state index in [4.69, 9.17) is 5.73 Å². The van der Waals surface area contributed by atoms with Gasteiger partial charge in [-0.3, -0.25) is 4.79 Å². The summed E-state index contributed by atoms with van der Waals surface area (Å²) in [6.07, 6.45) is 2.90. The number of anilines is 1. The second kappa shape index (κ2) is 7.57. The first-order valence-corrected chi connectivity index (χ1v) is 7.26. The van der Waals surface area contributed by atoms with Crippen molar-refractivity contribution in [2.45, 2.75) is 39.2 Å². The summed E-state index contributed by atoms with van der Waals surface area (Å²) in [6, 6.07) is 6.35. The van der Waals surface area contributed by atoms with Crippen LogP contribution < -0.4 is 11.1 Å². The number of benzene rings is 1. The maximum absolute atomic E-state index is 13.8. The standard InChI is InChI=1S/C16H21FN4O.ClH/c1-4-9-16(3,18)15(22)20-13-10-19-21(11(13)2)14-8-6-5-7-12(14)17;/h5-8,10H,4,9,18H2,1-3H3,(H,20,22);1H. The van der Waals surface area contributed by atoms with Crippen LogP contribution in [-0.2, 0) is 4.79 Å². The van der Waals surface area contributed by atoms with Gasteiger partial charge in [0.05, 0.1) is 23.1 Å². The van der Waals surface area contributed by atoms with Gasteiger partial charge in [0, 0.05) is 0 Å². The smallest absolute Gasteiger partial charge is 0.244 e. The van der Waals surface area contributed by atoms with Crippen molar-refractivity contribution >= 4 is 24.0 Å². The van der Waals surface area contributed by atoms with Crippen LogP contribution in [0.4, 0.5) is 10.1 Å². The fraction of sp³-hybridized carbons (Fsp3) is 0.375. The number of aromatic nitrogens is 2. The van der Waals surface area contributed by atoms with Gasteiger partial charge in [-0.1, -0.05) is 25.5 Å². The number of amides is 1. The molecule has 2 rings (SSSR count). The summed E-state index contributed by atoms with van der Waals surface area (Å²) in [6.45, 7) is 5.44. The molecule has 23 heavy (non-hydrogen) atoms. The summed E-state index contributed by atoms with van der Waals surface area (Å²) >= 11 is 0. The van der Waals surface area contributed by atoms with Crippen LogP contribution in [0.25, 0.3) is 5.69 Å². The zero-order chi connectivity index (χ0) is 16.3. The SMILES string of the molecule is CCCC(C)(N)C(=O)Nc1cnn(-c2ccccc2F)c1C.Cl. The fourth-order valence-electron chi connectivity index (χ4n) is 2.30. The van der Waals surface area contributed by atoms with Gasteiger partial charge >= 0.3 is 0 Å². The van der Waals surface area contributed by atoms with E-state index in [0.29, 0.717) is 23.5 Å². The van der Waals surface area contributed by atoms with Crippen LogP contribution in [0.2, 0.25) is 0 Å². The first kappa shape index (κ1) is 19.1. The number of nitrogens with two attached hydrogens (primary N) is 1. The third-order valence-electron chi connectivity index (χ3n) is 3.63. The van der Waals surface area contributed by atoms with Crippen molar-refractivity contribution in [1.82, 2.24) is 9.78 Å². The quantitative estimate of drug-likeness (QED) is 0.877. The molecule has 1 heterocycles. The Labute approximate surface area is 141 Å². The Morgan fingerprint density at radius 3 is 2.70 bits per heavy atom. The zero-order valence-corrected chi connectivity index (χ0v) is 14.3. The molecule has 1 aromatic heterocycles. The van der Waals surface area contributed by atoms with Gasteiger partial charge in [-0.2, -0.15) is 5.10 Å². The molecular weight excluding hydrogens is 319 g/mol. The van der Waals surface area contributed by atoms with Crippen molar-refractivity contribution in [1.29, 1.82) is 0 Å². The first-order valence-electron chi connectivity index (χ1n) is 7.26. The average molecular weight is 341 g/mol. The predicted octanol–water partition coefficient (Wildman–Crippen LogP) is 3.20. The lowest BCUT2D eigenvalue weighted by Gasteiger charge is -2.22. The molecule has 0 fully saturated rings. The van der Waals surface area contributed by atoms with Crippen LogP contribution in [0.3, 0.4) is 0 Å². The summed E-state index contributed by atoms with van der Waals surface area (Å²) in [5.74, 6) is -0.647. The molecule has 5 nitrogen and oxygen atoms in total. The normalized spacial score (nSPS) is 13.1. The second-order valence-corrected chi connectivity index (χ2v) is 5.63. The van der Waals surface area contributed by atoms with E-state index in [1.54, 1.807) is 32.0 Å². The van der Waals surface area contributed by atoms with Crippen molar-refractivity contribution < 1.29 is 9.18 Å². The fourth-order valence-corrected chi connectivity index (χ4v) is 2.30. The minimum Gasteiger partial charge on any atom is -0.322 e. The van der Waals surface area contributed by atoms with Crippen molar-refractivity contribution in [2.24, 2.45) is 5.73 Å². The van der Waals surface area contributed by atoms with E-state index in [0.717, 1.165) is 6.42 Å². The van der Waals surface area contributed by atoms with E-state index in [2.05, 4.69) is 10.4 Å². The molecule has 1 aromatic carbocycles. The molecule has 1 amide bonds. The van der Waals surface area contributed by atoms with E-state index >= 15 is 0 Å². The van der Waals surface area contributed by atoms with Crippen molar-refractivity contribution in [2.75, 3.05) is 5.32 Å². The lowest BCUT2D eigenvalue weighted by molar-refractivity contribution is -0.120. The van der Waals surface area contributed by atoms with E-state index in [1.807, 2.05) is 6.92 Å². The number of halogens is 2. The molecule has 2 aromatic rings. The number of para-hydroxylation sites is 1. The van der Waals surface area contributed by atoms with Crippen LogP contribution >= 0.6 is 12.4 Å². The molecule has 0 bridgehead atoms. The molecule has 0 spiro atoms. The molecule has 126 valence electrons. The number of hydrogen-bond donors (Lipinski definition) is 2. The van der Waals surface area contributed by atoms with Gasteiger partial charge in [-0.15, -0.1) is 12.4 Å². The zero-order valence-electron chi connectivity index (χ0n) is 13.5. The first-order chi connectivity index (χ1) is 10.4. The molecule has 7 heteroatoms. The Balaban J connectivity index is 0.00000264. The molecule has 1 atom stereocenters. The molecule has 1 unspecified atom stereocenters. The molecule has 0 aliphatic heterocycles. The van der Waals surface area contributed by atoms with Crippen LogP contribution in [-0.4, -0.2) is 21.2 Å². The maximum atomic E-state index is 13.8. The third-order valence-corrected chi connectivity index (χ3v) is 3.63. The third kappa shape index (κ3) is 4.09. The Hall–Kier alpha value is -1.92. The van der Waals surface area contributed by atoms with Gasteiger partial charge < -0.3 is 11.1 Å². The summed E-state index contributed by atoms with van der Waals surface area (Å²) in [4.78, 5) is 12.2. The summed E-state index contributed by atoms with van der Waals surface area (Å²) in [5, 5.41) is 6.92. The Morgan fingerprint density at radius 2 is 2.09 bits per heavy atom. The monoisotopic (exact) mass is 340 g/mol. The molecule has 0 saturated heterocycles. The van der Waals surface area contributed by atoms with Crippen molar-refractivity contribution in [3.8, 4) is 5.69 Å². The van der Waals surface area contributed by atoms with E-state index in [1.165, 1.54) is 16.9 Å². The minimum atomic E-state index is -0.943. The van der Waals surface area contributed by atoms with Gasteiger partial charge in [-0.25, -0.2) is 9.07 Å². The highest BCUT2D eigenvalue weighted by atomic mass is 35.5. The lowest BCUT2D eigenvalue weighted by atomic mass is 9.96. The maximum Gasteiger partial charge on any atom is 0.244 e. The molecule has 0 radical (unpaired) electrons. The Bertz CT molecular complexity index is 684. The molecule has 0 saturated carbocycles. The van der Waals surface area contributed by atoms with E-state index < -0.39 is 5.54 Å². The molecular formula is C16H22ClFN4O. The van der Waals surface area contributed by atoms with Gasteiger partial charge in [0.2, 0.25) is 5.91 Å². The van der Waals surface area contributed by atoms with Crippen LogP contribution in [0.5, 0.6) is 0 Å². The van der Waals surface area contributed by atoms with E-state index in [-0.39, 0.29) is 24.1 Å². The minimum absolute atomic E-state index is 0. The van der Waals surface area contributed by atoms with Gasteiger partial charge in [0.1, 0.15) is 11.5 Å². The number of hydrogen-bond acceptors (Lipinski definition) is 3. The van der Waals surface area contributed by atoms with Gasteiger partial charge in [0.25, 0.3) is 0 Å². The molecule has 0 aliphatic carbocycles. The second-order valence-electron chi connectivity index (χ2n) is 5.63.